The number of fused-ring (bicyclic) bond motifs is 5. The molecule has 2 saturated heterocycles. The first-order valence-corrected chi connectivity index (χ1v) is 10.4. The first-order chi connectivity index (χ1) is 13.8. The number of nitrogens with one attached hydrogen (secondary N) is 1. The largest absolute Gasteiger partial charge is 0.445 e. The molecule has 1 N–H and O–H groups in total. The molecule has 2 fully saturated rings. The van der Waals surface area contributed by atoms with Gasteiger partial charge in [0.1, 0.15) is 6.61 Å². The number of piperidine rings is 1. The van der Waals surface area contributed by atoms with Gasteiger partial charge in [-0.1, -0.05) is 36.4 Å². The Morgan fingerprint density at radius 1 is 1.04 bits per heavy atom. The molecule has 146 valence electrons. The maximum atomic E-state index is 12.8. The van der Waals surface area contributed by atoms with E-state index in [0.29, 0.717) is 12.5 Å². The van der Waals surface area contributed by atoms with Crippen LogP contribution in [0.3, 0.4) is 0 Å². The van der Waals surface area contributed by atoms with Crippen LogP contribution in [0.15, 0.2) is 48.5 Å². The Morgan fingerprint density at radius 3 is 2.68 bits per heavy atom. The first kappa shape index (κ1) is 17.6. The molecule has 5 rings (SSSR count). The van der Waals surface area contributed by atoms with Crippen LogP contribution >= 0.6 is 0 Å². The number of ether oxygens (including phenoxy) is 1. The topological polar surface area (TPSA) is 44.8 Å². The molecule has 2 aromatic carbocycles. The highest BCUT2D eigenvalue weighted by atomic mass is 16.6. The molecule has 0 saturated carbocycles. The van der Waals surface area contributed by atoms with Crippen LogP contribution < -0.4 is 10.2 Å². The summed E-state index contributed by atoms with van der Waals surface area (Å²) in [6.07, 6.45) is 1.87. The fourth-order valence-corrected chi connectivity index (χ4v) is 4.91. The predicted octanol–water partition coefficient (Wildman–Crippen LogP) is 3.67. The number of likely N-dealkylation sites (tertiary alicyclic amines) is 1. The highest BCUT2D eigenvalue weighted by Crippen LogP contribution is 2.50. The van der Waals surface area contributed by atoms with E-state index in [1.165, 1.54) is 16.8 Å². The number of carbonyl (C=O) groups excluding carboxylic acids is 1. The van der Waals surface area contributed by atoms with Gasteiger partial charge in [0.05, 0.1) is 6.04 Å². The zero-order valence-corrected chi connectivity index (χ0v) is 16.1. The lowest BCUT2D eigenvalue weighted by Crippen LogP contribution is -2.43. The lowest BCUT2D eigenvalue weighted by molar-refractivity contribution is 0.0694. The van der Waals surface area contributed by atoms with Gasteiger partial charge in [-0.2, -0.15) is 0 Å². The van der Waals surface area contributed by atoms with Crippen LogP contribution in [0, 0.1) is 0 Å². The Kier molecular flexibility index (Phi) is 4.69. The number of hydrogen-bond donors (Lipinski definition) is 1. The summed E-state index contributed by atoms with van der Waals surface area (Å²) in [5, 5.41) is 3.41. The van der Waals surface area contributed by atoms with Crippen LogP contribution in [0.5, 0.6) is 0 Å². The van der Waals surface area contributed by atoms with E-state index in [9.17, 15) is 4.79 Å². The van der Waals surface area contributed by atoms with Crippen molar-refractivity contribution in [3.05, 3.63) is 65.2 Å². The molecule has 0 unspecified atom stereocenters. The quantitative estimate of drug-likeness (QED) is 0.887. The van der Waals surface area contributed by atoms with E-state index < -0.39 is 0 Å². The number of hydrogen-bond acceptors (Lipinski definition) is 4. The fraction of sp³-hybridized carbons (Fsp3) is 0.435. The molecule has 0 radical (unpaired) electrons. The Hall–Kier alpha value is -2.53. The van der Waals surface area contributed by atoms with Crippen LogP contribution in [0.25, 0.3) is 0 Å². The molecule has 2 aromatic rings. The number of carbonyl (C=O) groups is 1. The Morgan fingerprint density at radius 2 is 1.86 bits per heavy atom. The standard InChI is InChI=1S/C23H27N3O2/c27-23(28-16-17-4-2-1-3-5-17)26-11-8-18-14-22(26)21-15-19(6-7-20(18)21)25-12-9-24-10-13-25/h1-7,15,18,22,24H,8-14,16H2/t18-,22+/m1/s1. The number of piperazine rings is 1. The zero-order chi connectivity index (χ0) is 18.9. The van der Waals surface area contributed by atoms with E-state index in [1.54, 1.807) is 0 Å². The Bertz CT molecular complexity index is 848. The molecular weight excluding hydrogens is 350 g/mol. The molecule has 1 aliphatic carbocycles. The van der Waals surface area contributed by atoms with Crippen LogP contribution in [0.4, 0.5) is 10.5 Å². The van der Waals surface area contributed by atoms with Crippen LogP contribution in [0.1, 0.15) is 41.5 Å². The second-order valence-corrected chi connectivity index (χ2v) is 8.02. The zero-order valence-electron chi connectivity index (χ0n) is 16.1. The summed E-state index contributed by atoms with van der Waals surface area (Å²) in [4.78, 5) is 17.2. The molecule has 3 aliphatic rings. The van der Waals surface area contributed by atoms with Gasteiger partial charge in [0.2, 0.25) is 0 Å². The van der Waals surface area contributed by atoms with Crippen LogP contribution in [-0.4, -0.2) is 43.7 Å². The maximum Gasteiger partial charge on any atom is 0.410 e. The molecule has 2 atom stereocenters. The van der Waals surface area contributed by atoms with Crippen molar-refractivity contribution in [2.24, 2.45) is 0 Å². The maximum absolute atomic E-state index is 12.8. The minimum Gasteiger partial charge on any atom is -0.445 e. The number of amides is 1. The van der Waals surface area contributed by atoms with Crippen molar-refractivity contribution in [1.82, 2.24) is 10.2 Å². The van der Waals surface area contributed by atoms with E-state index in [-0.39, 0.29) is 12.1 Å². The second kappa shape index (κ2) is 7.47. The highest BCUT2D eigenvalue weighted by Gasteiger charge is 2.41. The van der Waals surface area contributed by atoms with Gasteiger partial charge in [-0.25, -0.2) is 4.79 Å². The van der Waals surface area contributed by atoms with Gasteiger partial charge >= 0.3 is 6.09 Å². The molecule has 0 aromatic heterocycles. The molecule has 0 spiro atoms. The van der Waals surface area contributed by atoms with Crippen LogP contribution in [0.2, 0.25) is 0 Å². The molecule has 5 nitrogen and oxygen atoms in total. The minimum absolute atomic E-state index is 0.153. The highest BCUT2D eigenvalue weighted by molar-refractivity contribution is 5.70. The average molecular weight is 377 g/mol. The Balaban J connectivity index is 1.33. The second-order valence-electron chi connectivity index (χ2n) is 8.02. The summed E-state index contributed by atoms with van der Waals surface area (Å²) in [5.74, 6) is 0.579. The van der Waals surface area contributed by atoms with Gasteiger partial charge in [0.15, 0.2) is 0 Å². The van der Waals surface area contributed by atoms with Crippen LogP contribution in [-0.2, 0) is 11.3 Å². The number of rotatable bonds is 3. The minimum atomic E-state index is -0.187. The van der Waals surface area contributed by atoms with Gasteiger partial charge in [-0.3, -0.25) is 0 Å². The van der Waals surface area contributed by atoms with Crippen molar-refractivity contribution in [2.45, 2.75) is 31.4 Å². The smallest absolute Gasteiger partial charge is 0.410 e. The molecule has 1 amide bonds. The summed E-state index contributed by atoms with van der Waals surface area (Å²) in [6, 6.07) is 16.9. The molecule has 2 heterocycles. The molecule has 28 heavy (non-hydrogen) atoms. The predicted molar refractivity (Wildman–Crippen MR) is 110 cm³/mol. The summed E-state index contributed by atoms with van der Waals surface area (Å²) in [7, 11) is 0. The van der Waals surface area contributed by atoms with E-state index in [2.05, 4.69) is 28.4 Å². The third kappa shape index (κ3) is 3.24. The van der Waals surface area contributed by atoms with Crippen molar-refractivity contribution in [3.8, 4) is 0 Å². The Labute approximate surface area is 166 Å². The summed E-state index contributed by atoms with van der Waals surface area (Å²) in [6.45, 7) is 5.24. The monoisotopic (exact) mass is 377 g/mol. The normalized spacial score (nSPS) is 23.4. The molecule has 2 bridgehead atoms. The first-order valence-electron chi connectivity index (χ1n) is 10.4. The average Bonchev–Trinajstić information content (AvgIpc) is 3.05. The molecule has 5 heteroatoms. The van der Waals surface area contributed by atoms with E-state index >= 15 is 0 Å². The summed E-state index contributed by atoms with van der Waals surface area (Å²) < 4.78 is 5.65. The van der Waals surface area contributed by atoms with E-state index in [0.717, 1.165) is 51.1 Å². The van der Waals surface area contributed by atoms with Crippen molar-refractivity contribution in [1.29, 1.82) is 0 Å². The third-order valence-electron chi connectivity index (χ3n) is 6.39. The molecular formula is C23H27N3O2. The lowest BCUT2D eigenvalue weighted by atomic mass is 9.96. The number of nitrogens with zero attached hydrogens (tertiary/aromatic N) is 2. The number of anilines is 1. The fourth-order valence-electron chi connectivity index (χ4n) is 4.91. The van der Waals surface area contributed by atoms with Gasteiger partial charge in [0, 0.05) is 38.4 Å². The van der Waals surface area contributed by atoms with Gasteiger partial charge in [0.25, 0.3) is 0 Å². The number of benzene rings is 2. The van der Waals surface area contributed by atoms with Gasteiger partial charge in [-0.05, 0) is 47.6 Å². The third-order valence-corrected chi connectivity index (χ3v) is 6.39. The van der Waals surface area contributed by atoms with E-state index in [1.807, 2.05) is 35.2 Å². The SMILES string of the molecule is O=C(OCc1ccccc1)N1CC[C@@H]2C[C@H]1c1cc(N3CCNCC3)ccc12. The van der Waals surface area contributed by atoms with Crippen molar-refractivity contribution in [3.63, 3.8) is 0 Å². The van der Waals surface area contributed by atoms with Crippen molar-refractivity contribution >= 4 is 11.8 Å². The summed E-state index contributed by atoms with van der Waals surface area (Å²) in [5.41, 5.74) is 5.07. The van der Waals surface area contributed by atoms with Gasteiger partial charge in [-0.15, -0.1) is 0 Å². The van der Waals surface area contributed by atoms with E-state index in [4.69, 9.17) is 4.74 Å². The van der Waals surface area contributed by atoms with Gasteiger partial charge < -0.3 is 19.9 Å². The lowest BCUT2D eigenvalue weighted by Gasteiger charge is -2.33. The summed E-state index contributed by atoms with van der Waals surface area (Å²) >= 11 is 0. The van der Waals surface area contributed by atoms with Crippen molar-refractivity contribution in [2.75, 3.05) is 37.6 Å². The molecule has 2 aliphatic heterocycles. The van der Waals surface area contributed by atoms with Crippen molar-refractivity contribution < 1.29 is 9.53 Å².